The molecule has 0 aliphatic carbocycles. The average Bonchev–Trinajstić information content (AvgIpc) is 2.46. The Labute approximate surface area is 132 Å². The van der Waals surface area contributed by atoms with Crippen molar-refractivity contribution >= 4 is 15.9 Å². The summed E-state index contributed by atoms with van der Waals surface area (Å²) in [4.78, 5) is 15.7. The fourth-order valence-electron chi connectivity index (χ4n) is 1.99. The van der Waals surface area contributed by atoms with Gasteiger partial charge in [-0.1, -0.05) is 19.1 Å². The van der Waals surface area contributed by atoms with Crippen molar-refractivity contribution in [3.63, 3.8) is 0 Å². The van der Waals surface area contributed by atoms with E-state index in [0.29, 0.717) is 19.5 Å². The van der Waals surface area contributed by atoms with E-state index in [4.69, 9.17) is 5.14 Å². The second-order valence-corrected chi connectivity index (χ2v) is 6.90. The number of carbonyl (C=O) groups excluding carboxylic acids is 1. The Morgan fingerprint density at radius 3 is 2.18 bits per heavy atom. The molecule has 0 heterocycles. The lowest BCUT2D eigenvalue weighted by molar-refractivity contribution is -0.129. The topological polar surface area (TPSA) is 83.7 Å². The van der Waals surface area contributed by atoms with Crippen LogP contribution >= 0.6 is 0 Å². The van der Waals surface area contributed by atoms with Crippen molar-refractivity contribution in [2.45, 2.75) is 25.2 Å². The molecule has 0 fully saturated rings. The van der Waals surface area contributed by atoms with Crippen LogP contribution in [0, 0.1) is 0 Å². The zero-order chi connectivity index (χ0) is 16.8. The van der Waals surface area contributed by atoms with Crippen LogP contribution in [0.3, 0.4) is 0 Å². The van der Waals surface area contributed by atoms with Crippen LogP contribution in [0.5, 0.6) is 0 Å². The van der Waals surface area contributed by atoms with E-state index in [-0.39, 0.29) is 10.8 Å². The van der Waals surface area contributed by atoms with E-state index in [1.54, 1.807) is 24.0 Å². The maximum Gasteiger partial charge on any atom is 0.238 e. The van der Waals surface area contributed by atoms with E-state index in [2.05, 4.69) is 11.8 Å². The van der Waals surface area contributed by atoms with Gasteiger partial charge in [0, 0.05) is 26.6 Å². The first kappa shape index (κ1) is 18.6. The smallest absolute Gasteiger partial charge is 0.238 e. The molecule has 1 aromatic carbocycles. The maximum atomic E-state index is 11.7. The number of nitrogens with zero attached hydrogens (tertiary/aromatic N) is 2. The van der Waals surface area contributed by atoms with E-state index >= 15 is 0 Å². The molecule has 6 nitrogen and oxygen atoms in total. The molecule has 1 aromatic rings. The number of carbonyl (C=O) groups is 1. The summed E-state index contributed by atoms with van der Waals surface area (Å²) < 4.78 is 22.4. The van der Waals surface area contributed by atoms with Crippen LogP contribution in [0.1, 0.15) is 19.4 Å². The standard InChI is InChI=1S/C15H25N3O3S/c1-4-17(3)11-12-18(13(2)19)10-9-14-5-7-15(8-6-14)22(16,20)21/h5-8H,4,9-12H2,1-3H3,(H2,16,20,21). The van der Waals surface area contributed by atoms with Crippen molar-refractivity contribution in [1.82, 2.24) is 9.80 Å². The fourth-order valence-corrected chi connectivity index (χ4v) is 2.50. The number of primary sulfonamides is 1. The van der Waals surface area contributed by atoms with Crippen molar-refractivity contribution in [1.29, 1.82) is 0 Å². The average molecular weight is 327 g/mol. The largest absolute Gasteiger partial charge is 0.341 e. The highest BCUT2D eigenvalue weighted by molar-refractivity contribution is 7.89. The second-order valence-electron chi connectivity index (χ2n) is 5.34. The minimum Gasteiger partial charge on any atom is -0.341 e. The molecular weight excluding hydrogens is 302 g/mol. The molecule has 0 saturated carbocycles. The third kappa shape index (κ3) is 6.13. The highest BCUT2D eigenvalue weighted by Gasteiger charge is 2.10. The molecule has 0 unspecified atom stereocenters. The Hall–Kier alpha value is -1.44. The zero-order valence-electron chi connectivity index (χ0n) is 13.4. The first-order valence-electron chi connectivity index (χ1n) is 7.30. The molecule has 0 spiro atoms. The Bertz CT molecular complexity index is 585. The van der Waals surface area contributed by atoms with E-state index in [1.165, 1.54) is 12.1 Å². The number of likely N-dealkylation sites (N-methyl/N-ethyl adjacent to an activating group) is 1. The maximum absolute atomic E-state index is 11.7. The molecule has 0 aromatic heterocycles. The number of benzene rings is 1. The van der Waals surface area contributed by atoms with Gasteiger partial charge in [-0.05, 0) is 37.7 Å². The molecule has 0 aliphatic heterocycles. The summed E-state index contributed by atoms with van der Waals surface area (Å²) in [6.07, 6.45) is 0.681. The summed E-state index contributed by atoms with van der Waals surface area (Å²) in [5.41, 5.74) is 0.975. The predicted octanol–water partition coefficient (Wildman–Crippen LogP) is 0.677. The minimum atomic E-state index is -3.66. The molecule has 22 heavy (non-hydrogen) atoms. The molecule has 1 rings (SSSR count). The van der Waals surface area contributed by atoms with Crippen molar-refractivity contribution in [2.24, 2.45) is 5.14 Å². The summed E-state index contributed by atoms with van der Waals surface area (Å²) in [6, 6.07) is 6.45. The third-order valence-corrected chi connectivity index (χ3v) is 4.59. The molecular formula is C15H25N3O3S. The minimum absolute atomic E-state index is 0.0469. The molecule has 0 bridgehead atoms. The third-order valence-electron chi connectivity index (χ3n) is 3.66. The van der Waals surface area contributed by atoms with E-state index < -0.39 is 10.0 Å². The van der Waals surface area contributed by atoms with Crippen LogP contribution in [-0.2, 0) is 21.2 Å². The van der Waals surface area contributed by atoms with Gasteiger partial charge in [-0.2, -0.15) is 0 Å². The van der Waals surface area contributed by atoms with Gasteiger partial charge in [-0.15, -0.1) is 0 Å². The predicted molar refractivity (Wildman–Crippen MR) is 86.9 cm³/mol. The Kier molecular flexibility index (Phi) is 6.99. The lowest BCUT2D eigenvalue weighted by Crippen LogP contribution is -2.37. The van der Waals surface area contributed by atoms with Crippen molar-refractivity contribution in [2.75, 3.05) is 33.2 Å². The SMILES string of the molecule is CCN(C)CCN(CCc1ccc(S(N)(=O)=O)cc1)C(C)=O. The lowest BCUT2D eigenvalue weighted by atomic mass is 10.1. The first-order valence-corrected chi connectivity index (χ1v) is 8.84. The second kappa shape index (κ2) is 8.26. The van der Waals surface area contributed by atoms with E-state index in [9.17, 15) is 13.2 Å². The molecule has 0 atom stereocenters. The van der Waals surface area contributed by atoms with Gasteiger partial charge in [0.15, 0.2) is 0 Å². The Balaban J connectivity index is 2.60. The van der Waals surface area contributed by atoms with Gasteiger partial charge in [-0.3, -0.25) is 4.79 Å². The van der Waals surface area contributed by atoms with Crippen LogP contribution in [0.25, 0.3) is 0 Å². The number of rotatable bonds is 8. The number of nitrogens with two attached hydrogens (primary N) is 1. The van der Waals surface area contributed by atoms with Crippen LogP contribution in [0.15, 0.2) is 29.2 Å². The summed E-state index contributed by atoms with van der Waals surface area (Å²) >= 11 is 0. The summed E-state index contributed by atoms with van der Waals surface area (Å²) in [6.45, 7) is 6.72. The monoisotopic (exact) mass is 327 g/mol. The van der Waals surface area contributed by atoms with Crippen molar-refractivity contribution in [3.05, 3.63) is 29.8 Å². The number of hydrogen-bond acceptors (Lipinski definition) is 4. The Morgan fingerprint density at radius 2 is 1.73 bits per heavy atom. The highest BCUT2D eigenvalue weighted by Crippen LogP contribution is 2.09. The van der Waals surface area contributed by atoms with Crippen molar-refractivity contribution < 1.29 is 13.2 Å². The van der Waals surface area contributed by atoms with Gasteiger partial charge in [0.25, 0.3) is 0 Å². The van der Waals surface area contributed by atoms with Gasteiger partial charge >= 0.3 is 0 Å². The van der Waals surface area contributed by atoms with Crippen LogP contribution in [0.4, 0.5) is 0 Å². The van der Waals surface area contributed by atoms with Crippen LogP contribution < -0.4 is 5.14 Å². The van der Waals surface area contributed by atoms with E-state index in [0.717, 1.165) is 18.7 Å². The normalized spacial score (nSPS) is 11.7. The molecule has 7 heteroatoms. The van der Waals surface area contributed by atoms with Crippen molar-refractivity contribution in [3.8, 4) is 0 Å². The summed E-state index contributed by atoms with van der Waals surface area (Å²) in [5, 5.41) is 5.06. The van der Waals surface area contributed by atoms with Gasteiger partial charge < -0.3 is 9.80 Å². The molecule has 0 aliphatic rings. The molecule has 124 valence electrons. The summed E-state index contributed by atoms with van der Waals surface area (Å²) in [7, 11) is -1.64. The number of hydrogen-bond donors (Lipinski definition) is 1. The van der Waals surface area contributed by atoms with Gasteiger partial charge in [0.2, 0.25) is 15.9 Å². The first-order chi connectivity index (χ1) is 10.2. The molecule has 0 radical (unpaired) electrons. The fraction of sp³-hybridized carbons (Fsp3) is 0.533. The van der Waals surface area contributed by atoms with Gasteiger partial charge in [0.1, 0.15) is 0 Å². The molecule has 0 saturated heterocycles. The molecule has 2 N–H and O–H groups in total. The zero-order valence-corrected chi connectivity index (χ0v) is 14.3. The van der Waals surface area contributed by atoms with E-state index in [1.807, 2.05) is 7.05 Å². The van der Waals surface area contributed by atoms with Gasteiger partial charge in [0.05, 0.1) is 4.90 Å². The van der Waals surface area contributed by atoms with Crippen LogP contribution in [-0.4, -0.2) is 57.4 Å². The van der Waals surface area contributed by atoms with Gasteiger partial charge in [-0.25, -0.2) is 13.6 Å². The lowest BCUT2D eigenvalue weighted by Gasteiger charge is -2.24. The Morgan fingerprint density at radius 1 is 1.14 bits per heavy atom. The molecule has 1 amide bonds. The summed E-state index contributed by atoms with van der Waals surface area (Å²) in [5.74, 6) is 0.0469. The van der Waals surface area contributed by atoms with Crippen LogP contribution in [0.2, 0.25) is 0 Å². The number of sulfonamides is 1. The highest BCUT2D eigenvalue weighted by atomic mass is 32.2. The quantitative estimate of drug-likeness (QED) is 0.761. The number of amides is 1.